The predicted molar refractivity (Wildman–Crippen MR) is 104 cm³/mol. The molecule has 1 aliphatic heterocycles. The molecule has 1 unspecified atom stereocenters. The summed E-state index contributed by atoms with van der Waals surface area (Å²) in [6, 6.07) is 14.7. The Bertz CT molecular complexity index is 935. The van der Waals surface area contributed by atoms with Gasteiger partial charge in [0, 0.05) is 40.1 Å². The van der Waals surface area contributed by atoms with Crippen LogP contribution in [0, 0.1) is 0 Å². The van der Waals surface area contributed by atoms with Gasteiger partial charge in [-0.3, -0.25) is 14.5 Å². The molecule has 1 amide bonds. The van der Waals surface area contributed by atoms with E-state index >= 15 is 0 Å². The zero-order valence-electron chi connectivity index (χ0n) is 14.0. The monoisotopic (exact) mass is 385 g/mol. The Morgan fingerprint density at radius 3 is 2.38 bits per heavy atom. The molecule has 0 saturated heterocycles. The zero-order chi connectivity index (χ0) is 18.3. The second kappa shape index (κ2) is 6.90. The number of rotatable bonds is 2. The normalized spacial score (nSPS) is 20.4. The molecule has 1 heterocycles. The van der Waals surface area contributed by atoms with Crippen LogP contribution < -0.4 is 4.90 Å². The summed E-state index contributed by atoms with van der Waals surface area (Å²) in [4.78, 5) is 27.5. The van der Waals surface area contributed by atoms with Gasteiger partial charge in [-0.05, 0) is 48.7 Å². The lowest BCUT2D eigenvalue weighted by molar-refractivity contribution is -0.119. The Morgan fingerprint density at radius 2 is 1.65 bits per heavy atom. The van der Waals surface area contributed by atoms with Crippen LogP contribution in [0.2, 0.25) is 10.0 Å². The lowest BCUT2D eigenvalue weighted by Gasteiger charge is -2.38. The Kier molecular flexibility index (Phi) is 4.60. The number of halogens is 2. The Labute approximate surface area is 162 Å². The molecule has 1 atom stereocenters. The SMILES string of the molecule is O=C1CCCC2=C1C(c1cccc(Cl)c1)CC(=O)N2c1cccc(Cl)c1. The van der Waals surface area contributed by atoms with Crippen molar-refractivity contribution in [1.82, 2.24) is 0 Å². The quantitative estimate of drug-likeness (QED) is 0.682. The molecule has 2 aliphatic rings. The van der Waals surface area contributed by atoms with E-state index in [1.807, 2.05) is 30.3 Å². The van der Waals surface area contributed by atoms with E-state index in [1.165, 1.54) is 0 Å². The number of ketones is 1. The van der Waals surface area contributed by atoms with Crippen LogP contribution >= 0.6 is 23.2 Å². The average molecular weight is 386 g/mol. The van der Waals surface area contributed by atoms with Crippen LogP contribution in [-0.2, 0) is 9.59 Å². The lowest BCUT2D eigenvalue weighted by atomic mass is 9.77. The number of hydrogen-bond acceptors (Lipinski definition) is 2. The molecule has 26 heavy (non-hydrogen) atoms. The fourth-order valence-corrected chi connectivity index (χ4v) is 4.30. The second-order valence-corrected chi connectivity index (χ2v) is 7.53. The van der Waals surface area contributed by atoms with E-state index in [4.69, 9.17) is 23.2 Å². The van der Waals surface area contributed by atoms with Gasteiger partial charge in [0.25, 0.3) is 0 Å². The van der Waals surface area contributed by atoms with Gasteiger partial charge < -0.3 is 0 Å². The Balaban J connectivity index is 1.87. The van der Waals surface area contributed by atoms with Gasteiger partial charge in [0.15, 0.2) is 5.78 Å². The van der Waals surface area contributed by atoms with E-state index in [2.05, 4.69) is 0 Å². The highest BCUT2D eigenvalue weighted by Gasteiger charge is 2.39. The first kappa shape index (κ1) is 17.3. The maximum atomic E-state index is 13.0. The fraction of sp³-hybridized carbons (Fsp3) is 0.238. The standard InChI is InChI=1S/C21H17Cl2NO2/c22-14-5-1-4-13(10-14)17-12-20(26)24(16-7-2-6-15(23)11-16)18-8-3-9-19(25)21(17)18/h1-2,4-7,10-11,17H,3,8-9,12H2. The fourth-order valence-electron chi connectivity index (χ4n) is 3.92. The van der Waals surface area contributed by atoms with Gasteiger partial charge >= 0.3 is 0 Å². The van der Waals surface area contributed by atoms with Gasteiger partial charge in [-0.25, -0.2) is 0 Å². The molecule has 3 nitrogen and oxygen atoms in total. The third-order valence-electron chi connectivity index (χ3n) is 4.99. The van der Waals surface area contributed by atoms with Crippen LogP contribution in [-0.4, -0.2) is 11.7 Å². The number of carbonyl (C=O) groups excluding carboxylic acids is 2. The molecule has 0 radical (unpaired) electrons. The molecular formula is C21H17Cl2NO2. The molecule has 1 aliphatic carbocycles. The molecular weight excluding hydrogens is 369 g/mol. The molecule has 0 fully saturated rings. The van der Waals surface area contributed by atoms with Crippen molar-refractivity contribution in [2.45, 2.75) is 31.6 Å². The van der Waals surface area contributed by atoms with E-state index < -0.39 is 0 Å². The highest BCUT2D eigenvalue weighted by atomic mass is 35.5. The van der Waals surface area contributed by atoms with Crippen LogP contribution in [0.4, 0.5) is 5.69 Å². The van der Waals surface area contributed by atoms with Gasteiger partial charge in [-0.1, -0.05) is 41.4 Å². The number of benzene rings is 2. The number of anilines is 1. The summed E-state index contributed by atoms with van der Waals surface area (Å²) < 4.78 is 0. The maximum Gasteiger partial charge on any atom is 0.232 e. The largest absolute Gasteiger partial charge is 0.294 e. The van der Waals surface area contributed by atoms with Crippen molar-refractivity contribution in [1.29, 1.82) is 0 Å². The third-order valence-corrected chi connectivity index (χ3v) is 5.46. The first-order chi connectivity index (χ1) is 12.5. The number of carbonyl (C=O) groups is 2. The Morgan fingerprint density at radius 1 is 0.923 bits per heavy atom. The molecule has 132 valence electrons. The zero-order valence-corrected chi connectivity index (χ0v) is 15.6. The molecule has 0 bridgehead atoms. The minimum Gasteiger partial charge on any atom is -0.294 e. The van der Waals surface area contributed by atoms with Crippen molar-refractivity contribution in [3.05, 3.63) is 75.4 Å². The van der Waals surface area contributed by atoms with Gasteiger partial charge in [0.05, 0.1) is 5.69 Å². The number of amides is 1. The van der Waals surface area contributed by atoms with Crippen LogP contribution in [0.5, 0.6) is 0 Å². The number of hydrogen-bond donors (Lipinski definition) is 0. The van der Waals surface area contributed by atoms with Gasteiger partial charge in [0.1, 0.15) is 0 Å². The summed E-state index contributed by atoms with van der Waals surface area (Å²) in [7, 11) is 0. The number of allylic oxidation sites excluding steroid dienone is 2. The van der Waals surface area contributed by atoms with Gasteiger partial charge in [-0.15, -0.1) is 0 Å². The number of nitrogens with zero attached hydrogens (tertiary/aromatic N) is 1. The highest BCUT2D eigenvalue weighted by Crippen LogP contribution is 2.43. The molecule has 2 aromatic rings. The van der Waals surface area contributed by atoms with E-state index in [9.17, 15) is 9.59 Å². The van der Waals surface area contributed by atoms with Crippen LogP contribution in [0.1, 0.15) is 37.2 Å². The van der Waals surface area contributed by atoms with Crippen molar-refractivity contribution in [2.24, 2.45) is 0 Å². The summed E-state index contributed by atoms with van der Waals surface area (Å²) in [6.45, 7) is 0. The maximum absolute atomic E-state index is 13.0. The van der Waals surface area contributed by atoms with Gasteiger partial charge in [-0.2, -0.15) is 0 Å². The van der Waals surface area contributed by atoms with Crippen molar-refractivity contribution in [2.75, 3.05) is 4.90 Å². The molecule has 0 saturated carbocycles. The topological polar surface area (TPSA) is 37.4 Å². The lowest BCUT2D eigenvalue weighted by Crippen LogP contribution is -2.40. The summed E-state index contributed by atoms with van der Waals surface area (Å²) >= 11 is 12.3. The van der Waals surface area contributed by atoms with E-state index in [-0.39, 0.29) is 24.0 Å². The summed E-state index contributed by atoms with van der Waals surface area (Å²) in [5.74, 6) is -0.138. The predicted octanol–water partition coefficient (Wildman–Crippen LogP) is 5.52. The molecule has 5 heteroatoms. The molecule has 0 N–H and O–H groups in total. The highest BCUT2D eigenvalue weighted by molar-refractivity contribution is 6.31. The van der Waals surface area contributed by atoms with Crippen LogP contribution in [0.25, 0.3) is 0 Å². The average Bonchev–Trinajstić information content (AvgIpc) is 2.61. The minimum absolute atomic E-state index is 0.0225. The first-order valence-electron chi connectivity index (χ1n) is 8.65. The smallest absolute Gasteiger partial charge is 0.232 e. The summed E-state index contributed by atoms with van der Waals surface area (Å²) in [5.41, 5.74) is 3.19. The van der Waals surface area contributed by atoms with Gasteiger partial charge in [0.2, 0.25) is 5.91 Å². The van der Waals surface area contributed by atoms with E-state index in [1.54, 1.807) is 23.1 Å². The van der Waals surface area contributed by atoms with Crippen molar-refractivity contribution in [3.63, 3.8) is 0 Å². The summed E-state index contributed by atoms with van der Waals surface area (Å²) in [6.07, 6.45) is 2.23. The molecule has 4 rings (SSSR count). The second-order valence-electron chi connectivity index (χ2n) is 6.66. The van der Waals surface area contributed by atoms with Crippen molar-refractivity contribution < 1.29 is 9.59 Å². The third kappa shape index (κ3) is 3.06. The molecule has 2 aromatic carbocycles. The number of Topliss-reactive ketones (excluding diaryl/α,β-unsaturated/α-hetero) is 1. The van der Waals surface area contributed by atoms with Crippen LogP contribution in [0.15, 0.2) is 59.8 Å². The molecule has 0 spiro atoms. The van der Waals surface area contributed by atoms with E-state index in [0.717, 1.165) is 23.3 Å². The minimum atomic E-state index is -0.237. The van der Waals surface area contributed by atoms with Crippen molar-refractivity contribution in [3.8, 4) is 0 Å². The Hall–Kier alpha value is -2.10. The molecule has 0 aromatic heterocycles. The van der Waals surface area contributed by atoms with E-state index in [0.29, 0.717) is 28.6 Å². The van der Waals surface area contributed by atoms with Crippen molar-refractivity contribution >= 4 is 40.6 Å². The van der Waals surface area contributed by atoms with Crippen LogP contribution in [0.3, 0.4) is 0 Å². The first-order valence-corrected chi connectivity index (χ1v) is 9.40. The summed E-state index contributed by atoms with van der Waals surface area (Å²) in [5, 5.41) is 1.18.